The number of rotatable bonds is 6. The van der Waals surface area contributed by atoms with Crippen LogP contribution in [0.15, 0.2) is 53.6 Å². The predicted molar refractivity (Wildman–Crippen MR) is 105 cm³/mol. The molecule has 1 fully saturated rings. The van der Waals surface area contributed by atoms with Crippen LogP contribution in [0.5, 0.6) is 5.75 Å². The zero-order chi connectivity index (χ0) is 19.2. The van der Waals surface area contributed by atoms with Crippen molar-refractivity contribution in [3.05, 3.63) is 59.7 Å². The Bertz CT molecular complexity index is 829. The summed E-state index contributed by atoms with van der Waals surface area (Å²) in [4.78, 5) is 26.2. The first kappa shape index (κ1) is 18.6. The summed E-state index contributed by atoms with van der Waals surface area (Å²) in [6.07, 6.45) is 1.76. The quantitative estimate of drug-likeness (QED) is 0.632. The minimum absolute atomic E-state index is 0.0468. The average molecular weight is 365 g/mol. The van der Waals surface area contributed by atoms with Gasteiger partial charge >= 0.3 is 0 Å². The number of hydrazone groups is 1. The number of aryl methyl sites for hydroxylation is 1. The molecule has 1 aliphatic rings. The second kappa shape index (κ2) is 8.49. The molecule has 1 atom stereocenters. The van der Waals surface area contributed by atoms with Crippen molar-refractivity contribution in [2.45, 2.75) is 20.3 Å². The van der Waals surface area contributed by atoms with Crippen molar-refractivity contribution in [3.63, 3.8) is 0 Å². The van der Waals surface area contributed by atoms with Gasteiger partial charge in [0.2, 0.25) is 11.8 Å². The third kappa shape index (κ3) is 4.73. The van der Waals surface area contributed by atoms with Crippen LogP contribution < -0.4 is 15.1 Å². The molecular formula is C21H23N3O3. The number of ether oxygens (including phenoxy) is 1. The Morgan fingerprint density at radius 2 is 1.93 bits per heavy atom. The lowest BCUT2D eigenvalue weighted by atomic mass is 10.1. The maximum Gasteiger partial charge on any atom is 0.245 e. The molecule has 0 aliphatic carbocycles. The number of carbonyl (C=O) groups is 2. The van der Waals surface area contributed by atoms with Crippen LogP contribution in [0.2, 0.25) is 0 Å². The van der Waals surface area contributed by atoms with Crippen molar-refractivity contribution >= 4 is 23.7 Å². The van der Waals surface area contributed by atoms with Crippen LogP contribution >= 0.6 is 0 Å². The zero-order valence-corrected chi connectivity index (χ0v) is 15.5. The lowest BCUT2D eigenvalue weighted by Gasteiger charge is -2.16. The highest BCUT2D eigenvalue weighted by Gasteiger charge is 2.35. The molecule has 0 radical (unpaired) electrons. The van der Waals surface area contributed by atoms with Gasteiger partial charge in [-0.1, -0.05) is 17.7 Å². The molecule has 2 aromatic rings. The summed E-state index contributed by atoms with van der Waals surface area (Å²) < 4.78 is 5.38. The Morgan fingerprint density at radius 1 is 1.22 bits per heavy atom. The van der Waals surface area contributed by atoms with E-state index in [1.165, 1.54) is 0 Å². The van der Waals surface area contributed by atoms with Crippen molar-refractivity contribution < 1.29 is 14.3 Å². The molecule has 2 amide bonds. The van der Waals surface area contributed by atoms with E-state index >= 15 is 0 Å². The number of nitrogens with one attached hydrogen (secondary N) is 1. The number of nitrogens with zero attached hydrogens (tertiary/aromatic N) is 2. The highest BCUT2D eigenvalue weighted by Crippen LogP contribution is 2.25. The van der Waals surface area contributed by atoms with Gasteiger partial charge in [-0.15, -0.1) is 0 Å². The molecule has 0 saturated carbocycles. The number of hydrogen-bond acceptors (Lipinski definition) is 4. The highest BCUT2D eigenvalue weighted by atomic mass is 16.5. The van der Waals surface area contributed by atoms with E-state index in [0.29, 0.717) is 13.2 Å². The van der Waals surface area contributed by atoms with Crippen molar-refractivity contribution in [1.82, 2.24) is 5.43 Å². The summed E-state index contributed by atoms with van der Waals surface area (Å²) in [6, 6.07) is 15.1. The van der Waals surface area contributed by atoms with Crippen molar-refractivity contribution in [2.24, 2.45) is 11.0 Å². The fraction of sp³-hybridized carbons (Fsp3) is 0.286. The Hall–Kier alpha value is -3.15. The monoisotopic (exact) mass is 365 g/mol. The molecule has 0 bridgehead atoms. The van der Waals surface area contributed by atoms with Gasteiger partial charge in [0.15, 0.2) is 0 Å². The lowest BCUT2D eigenvalue weighted by molar-refractivity contribution is -0.126. The minimum Gasteiger partial charge on any atom is -0.494 e. The first-order valence-electron chi connectivity index (χ1n) is 8.99. The standard InChI is InChI=1S/C21H23N3O3/c1-3-27-19-10-6-16(7-11-19)13-22-23-21(26)17-12-20(25)24(14-17)18-8-4-15(2)5-9-18/h4-11,13,17H,3,12,14H2,1-2H3,(H,23,26)/b22-13-/t17-/m0/s1. The van der Waals surface area contributed by atoms with E-state index < -0.39 is 5.92 Å². The molecule has 27 heavy (non-hydrogen) atoms. The molecule has 1 heterocycles. The summed E-state index contributed by atoms with van der Waals surface area (Å²) in [5, 5.41) is 4.00. The Kier molecular flexibility index (Phi) is 5.86. The van der Waals surface area contributed by atoms with E-state index in [-0.39, 0.29) is 18.2 Å². The fourth-order valence-corrected chi connectivity index (χ4v) is 2.94. The Balaban J connectivity index is 1.55. The van der Waals surface area contributed by atoms with E-state index in [4.69, 9.17) is 4.74 Å². The molecule has 0 aromatic heterocycles. The van der Waals surface area contributed by atoms with E-state index in [0.717, 1.165) is 22.6 Å². The average Bonchev–Trinajstić information content (AvgIpc) is 3.06. The molecule has 6 nitrogen and oxygen atoms in total. The van der Waals surface area contributed by atoms with E-state index in [1.54, 1.807) is 11.1 Å². The summed E-state index contributed by atoms with van der Waals surface area (Å²) in [7, 11) is 0. The summed E-state index contributed by atoms with van der Waals surface area (Å²) in [5.74, 6) is 0.0882. The molecule has 1 N–H and O–H groups in total. The molecule has 1 saturated heterocycles. The number of hydrogen-bond donors (Lipinski definition) is 1. The summed E-state index contributed by atoms with van der Waals surface area (Å²) >= 11 is 0. The van der Waals surface area contributed by atoms with Crippen LogP contribution in [-0.2, 0) is 9.59 Å². The van der Waals surface area contributed by atoms with E-state index in [2.05, 4.69) is 10.5 Å². The molecule has 0 unspecified atom stereocenters. The molecule has 140 valence electrons. The van der Waals surface area contributed by atoms with E-state index in [9.17, 15) is 9.59 Å². The first-order chi connectivity index (χ1) is 13.1. The van der Waals surface area contributed by atoms with Gasteiger partial charge in [-0.05, 0) is 55.8 Å². The third-order valence-corrected chi connectivity index (χ3v) is 4.42. The fourth-order valence-electron chi connectivity index (χ4n) is 2.94. The normalized spacial score (nSPS) is 16.7. The van der Waals surface area contributed by atoms with Crippen LogP contribution in [-0.4, -0.2) is 31.2 Å². The van der Waals surface area contributed by atoms with Crippen molar-refractivity contribution in [2.75, 3.05) is 18.1 Å². The van der Waals surface area contributed by atoms with E-state index in [1.807, 2.05) is 62.4 Å². The number of amides is 2. The van der Waals surface area contributed by atoms with Gasteiger partial charge in [0.05, 0.1) is 18.7 Å². The molecule has 3 rings (SSSR count). The number of carbonyl (C=O) groups excluding carboxylic acids is 2. The second-order valence-electron chi connectivity index (χ2n) is 6.48. The Morgan fingerprint density at radius 3 is 2.59 bits per heavy atom. The SMILES string of the molecule is CCOc1ccc(/C=N\NC(=O)[C@H]2CC(=O)N(c3ccc(C)cc3)C2)cc1. The highest BCUT2D eigenvalue weighted by molar-refractivity contribution is 6.00. The first-order valence-corrected chi connectivity index (χ1v) is 8.99. The second-order valence-corrected chi connectivity index (χ2v) is 6.48. The molecule has 2 aromatic carbocycles. The van der Waals surface area contributed by atoms with Crippen LogP contribution in [0.25, 0.3) is 0 Å². The Labute approximate surface area is 158 Å². The third-order valence-electron chi connectivity index (χ3n) is 4.42. The van der Waals surface area contributed by atoms with Gasteiger partial charge in [-0.3, -0.25) is 9.59 Å². The molecular weight excluding hydrogens is 342 g/mol. The van der Waals surface area contributed by atoms with Gasteiger partial charge in [0.1, 0.15) is 5.75 Å². The minimum atomic E-state index is -0.406. The van der Waals surface area contributed by atoms with Crippen molar-refractivity contribution in [3.8, 4) is 5.75 Å². The van der Waals surface area contributed by atoms with Crippen LogP contribution in [0, 0.1) is 12.8 Å². The topological polar surface area (TPSA) is 71.0 Å². The zero-order valence-electron chi connectivity index (χ0n) is 15.5. The number of anilines is 1. The van der Waals surface area contributed by atoms with Gasteiger partial charge in [-0.25, -0.2) is 5.43 Å². The van der Waals surface area contributed by atoms with Gasteiger partial charge in [-0.2, -0.15) is 5.10 Å². The molecule has 6 heteroatoms. The maximum absolute atomic E-state index is 12.3. The van der Waals surface area contributed by atoms with Crippen LogP contribution in [0.4, 0.5) is 5.69 Å². The smallest absolute Gasteiger partial charge is 0.245 e. The van der Waals surface area contributed by atoms with Crippen LogP contribution in [0.1, 0.15) is 24.5 Å². The largest absolute Gasteiger partial charge is 0.494 e. The molecule has 1 aliphatic heterocycles. The summed E-state index contributed by atoms with van der Waals surface area (Å²) in [6.45, 7) is 4.91. The van der Waals surface area contributed by atoms with Crippen molar-refractivity contribution in [1.29, 1.82) is 0 Å². The van der Waals surface area contributed by atoms with Gasteiger partial charge in [0.25, 0.3) is 0 Å². The predicted octanol–water partition coefficient (Wildman–Crippen LogP) is 2.90. The van der Waals surface area contributed by atoms with Gasteiger partial charge in [0, 0.05) is 18.7 Å². The molecule has 0 spiro atoms. The number of benzene rings is 2. The maximum atomic E-state index is 12.3. The van der Waals surface area contributed by atoms with Crippen LogP contribution in [0.3, 0.4) is 0 Å². The van der Waals surface area contributed by atoms with Gasteiger partial charge < -0.3 is 9.64 Å². The summed E-state index contributed by atoms with van der Waals surface area (Å²) in [5.41, 5.74) is 5.33. The lowest BCUT2D eigenvalue weighted by Crippen LogP contribution is -2.30.